The first-order chi connectivity index (χ1) is 8.67. The molecule has 1 aromatic rings. The summed E-state index contributed by atoms with van der Waals surface area (Å²) in [6, 6.07) is 9.25. The number of methoxy groups -OCH3 is 1. The monoisotopic (exact) mass is 249 g/mol. The molecular formula is C13H15NO4. The van der Waals surface area contributed by atoms with Gasteiger partial charge in [-0.05, 0) is 12.5 Å². The van der Waals surface area contributed by atoms with Gasteiger partial charge in [0.1, 0.15) is 12.3 Å². The molecule has 1 aromatic carbocycles. The van der Waals surface area contributed by atoms with Gasteiger partial charge in [0.25, 0.3) is 0 Å². The number of amides is 1. The lowest BCUT2D eigenvalue weighted by Crippen LogP contribution is -2.28. The van der Waals surface area contributed by atoms with Crippen molar-refractivity contribution in [2.45, 2.75) is 13.5 Å². The van der Waals surface area contributed by atoms with Crippen LogP contribution in [0, 0.1) is 0 Å². The van der Waals surface area contributed by atoms with Crippen LogP contribution in [0.3, 0.4) is 0 Å². The van der Waals surface area contributed by atoms with E-state index in [1.165, 1.54) is 13.2 Å². The van der Waals surface area contributed by atoms with Crippen molar-refractivity contribution in [1.82, 2.24) is 5.32 Å². The number of benzene rings is 1. The predicted octanol–water partition coefficient (Wildman–Crippen LogP) is 1.99. The molecular weight excluding hydrogens is 234 g/mol. The van der Waals surface area contributed by atoms with Gasteiger partial charge >= 0.3 is 12.1 Å². The van der Waals surface area contributed by atoms with E-state index < -0.39 is 12.1 Å². The zero-order chi connectivity index (χ0) is 13.4. The van der Waals surface area contributed by atoms with Crippen LogP contribution < -0.4 is 5.32 Å². The Hall–Kier alpha value is -2.30. The molecule has 1 rings (SSSR count). The summed E-state index contributed by atoms with van der Waals surface area (Å²) < 4.78 is 9.45. The summed E-state index contributed by atoms with van der Waals surface area (Å²) in [5, 5.41) is 2.31. The minimum Gasteiger partial charge on any atom is -0.464 e. The summed E-state index contributed by atoms with van der Waals surface area (Å²) in [6.07, 6.45) is 0.743. The minimum absolute atomic E-state index is 0.0514. The zero-order valence-corrected chi connectivity index (χ0v) is 10.3. The molecule has 5 nitrogen and oxygen atoms in total. The van der Waals surface area contributed by atoms with Gasteiger partial charge in [-0.2, -0.15) is 0 Å². The highest BCUT2D eigenvalue weighted by Gasteiger charge is 2.12. The molecule has 0 heterocycles. The van der Waals surface area contributed by atoms with Gasteiger partial charge in [-0.25, -0.2) is 9.59 Å². The number of nitrogens with one attached hydrogen (secondary N) is 1. The molecule has 96 valence electrons. The van der Waals surface area contributed by atoms with Crippen LogP contribution >= 0.6 is 0 Å². The van der Waals surface area contributed by atoms with Gasteiger partial charge in [0.15, 0.2) is 0 Å². The summed E-state index contributed by atoms with van der Waals surface area (Å²) in [5.74, 6) is -0.617. The Kier molecular flexibility index (Phi) is 5.44. The third-order valence-corrected chi connectivity index (χ3v) is 2.14. The Bertz CT molecular complexity index is 440. The van der Waals surface area contributed by atoms with Gasteiger partial charge in [0.2, 0.25) is 0 Å². The molecule has 0 aliphatic rings. The molecule has 0 aliphatic heterocycles. The normalized spacial score (nSPS) is 10.7. The second kappa shape index (κ2) is 7.11. The number of allylic oxidation sites excluding steroid dienone is 1. The highest BCUT2D eigenvalue weighted by molar-refractivity contribution is 5.91. The van der Waals surface area contributed by atoms with Crippen molar-refractivity contribution in [2.24, 2.45) is 0 Å². The van der Waals surface area contributed by atoms with E-state index in [-0.39, 0.29) is 12.3 Å². The highest BCUT2D eigenvalue weighted by Crippen LogP contribution is 2.01. The van der Waals surface area contributed by atoms with E-state index in [0.29, 0.717) is 0 Å². The Morgan fingerprint density at radius 3 is 2.50 bits per heavy atom. The lowest BCUT2D eigenvalue weighted by Gasteiger charge is -2.08. The van der Waals surface area contributed by atoms with Gasteiger partial charge in [-0.3, -0.25) is 5.32 Å². The van der Waals surface area contributed by atoms with E-state index in [1.54, 1.807) is 6.92 Å². The van der Waals surface area contributed by atoms with Crippen LogP contribution in [0.1, 0.15) is 12.5 Å². The number of alkyl carbamates (subject to hydrolysis) is 1. The Balaban J connectivity index is 2.45. The average Bonchev–Trinajstić information content (AvgIpc) is 2.42. The molecule has 1 N–H and O–H groups in total. The standard InChI is InChI=1S/C13H15NO4/c1-3-11(12(15)17-2)14-13(16)18-9-10-7-5-4-6-8-10/h3-8H,9H2,1-2H3,(H,14,16). The van der Waals surface area contributed by atoms with Crippen LogP contribution in [0.25, 0.3) is 0 Å². The maximum absolute atomic E-state index is 11.4. The summed E-state index contributed by atoms with van der Waals surface area (Å²) >= 11 is 0. The van der Waals surface area contributed by atoms with Crippen LogP contribution in [-0.2, 0) is 20.9 Å². The quantitative estimate of drug-likeness (QED) is 0.654. The third-order valence-electron chi connectivity index (χ3n) is 2.14. The summed E-state index contributed by atoms with van der Waals surface area (Å²) in [6.45, 7) is 1.76. The van der Waals surface area contributed by atoms with Crippen LogP contribution in [0.15, 0.2) is 42.1 Å². The van der Waals surface area contributed by atoms with Crippen molar-refractivity contribution < 1.29 is 19.1 Å². The maximum Gasteiger partial charge on any atom is 0.412 e. The van der Waals surface area contributed by atoms with Crippen LogP contribution in [0.5, 0.6) is 0 Å². The zero-order valence-electron chi connectivity index (χ0n) is 10.3. The van der Waals surface area contributed by atoms with E-state index in [2.05, 4.69) is 10.1 Å². The maximum atomic E-state index is 11.4. The minimum atomic E-state index is -0.697. The predicted molar refractivity (Wildman–Crippen MR) is 65.5 cm³/mol. The Labute approximate surface area is 105 Å². The molecule has 0 spiro atoms. The number of rotatable bonds is 4. The van der Waals surface area contributed by atoms with E-state index in [4.69, 9.17) is 4.74 Å². The molecule has 0 fully saturated rings. The van der Waals surface area contributed by atoms with Gasteiger partial charge in [-0.15, -0.1) is 0 Å². The Morgan fingerprint density at radius 2 is 1.94 bits per heavy atom. The summed E-state index contributed by atoms with van der Waals surface area (Å²) in [5.41, 5.74) is 0.920. The van der Waals surface area contributed by atoms with Crippen molar-refractivity contribution in [3.63, 3.8) is 0 Å². The van der Waals surface area contributed by atoms with Crippen molar-refractivity contribution in [2.75, 3.05) is 7.11 Å². The van der Waals surface area contributed by atoms with Crippen molar-refractivity contribution in [3.05, 3.63) is 47.7 Å². The largest absolute Gasteiger partial charge is 0.464 e. The molecule has 18 heavy (non-hydrogen) atoms. The first-order valence-electron chi connectivity index (χ1n) is 5.39. The van der Waals surface area contributed by atoms with E-state index in [9.17, 15) is 9.59 Å². The second-order valence-electron chi connectivity index (χ2n) is 3.38. The van der Waals surface area contributed by atoms with Gasteiger partial charge < -0.3 is 9.47 Å². The second-order valence-corrected chi connectivity index (χ2v) is 3.38. The SMILES string of the molecule is CC=C(NC(=O)OCc1ccccc1)C(=O)OC. The highest BCUT2D eigenvalue weighted by atomic mass is 16.6. The average molecular weight is 249 g/mol. The molecule has 0 aliphatic carbocycles. The number of carbonyl (C=O) groups is 2. The molecule has 0 atom stereocenters. The number of hydrogen-bond donors (Lipinski definition) is 1. The topological polar surface area (TPSA) is 64.6 Å². The van der Waals surface area contributed by atoms with Crippen LogP contribution in [-0.4, -0.2) is 19.2 Å². The first-order valence-corrected chi connectivity index (χ1v) is 5.39. The molecule has 0 bridgehead atoms. The summed E-state index contributed by atoms with van der Waals surface area (Å²) in [7, 11) is 1.24. The van der Waals surface area contributed by atoms with Gasteiger partial charge in [-0.1, -0.05) is 36.4 Å². The lowest BCUT2D eigenvalue weighted by molar-refractivity contribution is -0.136. The van der Waals surface area contributed by atoms with Gasteiger partial charge in [0.05, 0.1) is 7.11 Å². The Morgan fingerprint density at radius 1 is 1.28 bits per heavy atom. The third kappa shape index (κ3) is 4.29. The van der Waals surface area contributed by atoms with Crippen LogP contribution in [0.4, 0.5) is 4.79 Å². The first kappa shape index (κ1) is 13.8. The number of carbonyl (C=O) groups excluding carboxylic acids is 2. The fourth-order valence-corrected chi connectivity index (χ4v) is 1.22. The van der Waals surface area contributed by atoms with E-state index >= 15 is 0 Å². The molecule has 0 aromatic heterocycles. The molecule has 0 unspecified atom stereocenters. The van der Waals surface area contributed by atoms with Crippen molar-refractivity contribution >= 4 is 12.1 Å². The van der Waals surface area contributed by atoms with E-state index in [1.807, 2.05) is 30.3 Å². The number of ether oxygens (including phenoxy) is 2. The fourth-order valence-electron chi connectivity index (χ4n) is 1.22. The lowest BCUT2D eigenvalue weighted by atomic mass is 10.2. The van der Waals surface area contributed by atoms with Crippen molar-refractivity contribution in [1.29, 1.82) is 0 Å². The summed E-state index contributed by atoms with van der Waals surface area (Å²) in [4.78, 5) is 22.6. The van der Waals surface area contributed by atoms with E-state index in [0.717, 1.165) is 5.56 Å². The van der Waals surface area contributed by atoms with Gasteiger partial charge in [0, 0.05) is 0 Å². The molecule has 0 saturated heterocycles. The number of esters is 1. The van der Waals surface area contributed by atoms with Crippen LogP contribution in [0.2, 0.25) is 0 Å². The smallest absolute Gasteiger partial charge is 0.412 e. The molecule has 0 saturated carbocycles. The number of hydrogen-bond acceptors (Lipinski definition) is 4. The molecule has 0 radical (unpaired) electrons. The van der Waals surface area contributed by atoms with Crippen molar-refractivity contribution in [3.8, 4) is 0 Å². The fraction of sp³-hybridized carbons (Fsp3) is 0.231. The molecule has 5 heteroatoms. The molecule has 1 amide bonds.